The highest BCUT2D eigenvalue weighted by Gasteiger charge is 2.30. The molecule has 0 aliphatic carbocycles. The maximum absolute atomic E-state index is 13.0. The van der Waals surface area contributed by atoms with Crippen LogP contribution in [0, 0.1) is 0 Å². The maximum atomic E-state index is 13.0. The minimum atomic E-state index is -4.51. The van der Waals surface area contributed by atoms with Crippen LogP contribution in [0.4, 0.5) is 23.7 Å². The van der Waals surface area contributed by atoms with Gasteiger partial charge in [0.1, 0.15) is 24.3 Å². The van der Waals surface area contributed by atoms with E-state index in [-0.39, 0.29) is 12.2 Å². The van der Waals surface area contributed by atoms with E-state index in [1.54, 1.807) is 24.3 Å². The first kappa shape index (κ1) is 24.3. The first-order valence-electron chi connectivity index (χ1n) is 11.3. The number of anilines is 1. The van der Waals surface area contributed by atoms with Gasteiger partial charge in [0.25, 0.3) is 0 Å². The molecule has 2 aromatic carbocycles. The number of amides is 1. The van der Waals surface area contributed by atoms with Crippen LogP contribution in [-0.4, -0.2) is 44.7 Å². The van der Waals surface area contributed by atoms with Gasteiger partial charge < -0.3 is 20.1 Å². The number of hydrogen-bond acceptors (Lipinski definition) is 5. The van der Waals surface area contributed by atoms with Gasteiger partial charge in [-0.05, 0) is 42.5 Å². The summed E-state index contributed by atoms with van der Waals surface area (Å²) >= 11 is 0. The van der Waals surface area contributed by atoms with E-state index in [0.717, 1.165) is 28.3 Å². The van der Waals surface area contributed by atoms with Gasteiger partial charge in [-0.15, -0.1) is 0 Å². The van der Waals surface area contributed by atoms with Crippen LogP contribution in [-0.2, 0) is 23.9 Å². The lowest BCUT2D eigenvalue weighted by Gasteiger charge is -2.24. The van der Waals surface area contributed by atoms with Crippen LogP contribution in [0.25, 0.3) is 10.9 Å². The molecule has 4 aromatic rings. The largest absolute Gasteiger partial charge is 0.477 e. The number of carboxylic acids is 1. The predicted molar refractivity (Wildman–Crippen MR) is 126 cm³/mol. The smallest absolute Gasteiger partial charge is 0.416 e. The average molecular weight is 512 g/mol. The van der Waals surface area contributed by atoms with E-state index in [9.17, 15) is 22.8 Å². The first-order valence-corrected chi connectivity index (χ1v) is 11.3. The number of carboxylic acid groups (broad SMARTS) is 1. The SMILES string of the molecule is O=C(O)C[NH+]1CCc2c(ncnc2Oc2ccc3c(ccn3C(=O)Nc3cccc(C(F)(F)F)c3)c2)C1. The summed E-state index contributed by atoms with van der Waals surface area (Å²) in [5, 5.41) is 12.2. The number of aromatic nitrogens is 3. The van der Waals surface area contributed by atoms with Gasteiger partial charge in [-0.25, -0.2) is 19.6 Å². The third kappa shape index (κ3) is 5.23. The second-order valence-corrected chi connectivity index (χ2v) is 8.62. The fourth-order valence-electron chi connectivity index (χ4n) is 4.34. The molecule has 2 aromatic heterocycles. The van der Waals surface area contributed by atoms with Gasteiger partial charge in [-0.1, -0.05) is 6.07 Å². The summed E-state index contributed by atoms with van der Waals surface area (Å²) in [7, 11) is 0. The number of hydrogen-bond donors (Lipinski definition) is 3. The fourth-order valence-corrected chi connectivity index (χ4v) is 4.34. The number of rotatable bonds is 5. The lowest BCUT2D eigenvalue weighted by Crippen LogP contribution is -3.12. The van der Waals surface area contributed by atoms with Crippen molar-refractivity contribution in [2.24, 2.45) is 0 Å². The number of fused-ring (bicyclic) bond motifs is 2. The Morgan fingerprint density at radius 1 is 1.14 bits per heavy atom. The molecule has 1 amide bonds. The van der Waals surface area contributed by atoms with Crippen molar-refractivity contribution < 1.29 is 37.5 Å². The van der Waals surface area contributed by atoms with Gasteiger partial charge >= 0.3 is 18.2 Å². The molecule has 3 N–H and O–H groups in total. The van der Waals surface area contributed by atoms with E-state index in [4.69, 9.17) is 9.84 Å². The number of halogens is 3. The Kier molecular flexibility index (Phi) is 6.25. The van der Waals surface area contributed by atoms with E-state index in [2.05, 4.69) is 15.3 Å². The monoisotopic (exact) mass is 512 g/mol. The summed E-state index contributed by atoms with van der Waals surface area (Å²) in [6.45, 7) is 1.09. The zero-order valence-corrected chi connectivity index (χ0v) is 19.2. The van der Waals surface area contributed by atoms with Crippen molar-refractivity contribution in [3.63, 3.8) is 0 Å². The Hall–Kier alpha value is -4.45. The van der Waals surface area contributed by atoms with Gasteiger partial charge in [0, 0.05) is 29.3 Å². The zero-order chi connectivity index (χ0) is 26.2. The number of carbonyl (C=O) groups is 2. The number of quaternary nitrogens is 1. The first-order chi connectivity index (χ1) is 17.7. The standard InChI is InChI=1S/C25H20F3N5O4/c26-25(27,28)16-2-1-3-17(11-16)31-24(36)33-9-6-15-10-18(4-5-21(15)33)37-23-19-7-8-32(13-22(34)35)12-20(19)29-14-30-23/h1-6,9-11,14H,7-8,12-13H2,(H,31,36)(H,34,35)/p+1. The average Bonchev–Trinajstić information content (AvgIpc) is 3.27. The molecular weight excluding hydrogens is 491 g/mol. The minimum absolute atomic E-state index is 0.00856. The van der Waals surface area contributed by atoms with Crippen molar-refractivity contribution in [2.75, 3.05) is 18.4 Å². The van der Waals surface area contributed by atoms with Crippen LogP contribution in [0.2, 0.25) is 0 Å². The number of carbonyl (C=O) groups excluding carboxylic acids is 1. The Balaban J connectivity index is 1.33. The Morgan fingerprint density at radius 2 is 1.97 bits per heavy atom. The van der Waals surface area contributed by atoms with E-state index >= 15 is 0 Å². The molecule has 37 heavy (non-hydrogen) atoms. The number of nitrogens with zero attached hydrogens (tertiary/aromatic N) is 3. The molecule has 0 bridgehead atoms. The highest BCUT2D eigenvalue weighted by Crippen LogP contribution is 2.31. The molecule has 1 atom stereocenters. The maximum Gasteiger partial charge on any atom is 0.416 e. The molecule has 0 saturated heterocycles. The van der Waals surface area contributed by atoms with Gasteiger partial charge in [-0.2, -0.15) is 13.2 Å². The molecule has 12 heteroatoms. The van der Waals surface area contributed by atoms with Crippen molar-refractivity contribution in [2.45, 2.75) is 19.1 Å². The van der Waals surface area contributed by atoms with E-state index in [1.807, 2.05) is 0 Å². The van der Waals surface area contributed by atoms with Gasteiger partial charge in [-0.3, -0.25) is 4.57 Å². The van der Waals surface area contributed by atoms with Crippen LogP contribution < -0.4 is 15.0 Å². The highest BCUT2D eigenvalue weighted by atomic mass is 19.4. The molecule has 3 heterocycles. The molecular formula is C25H21F3N5O4+. The fraction of sp³-hybridized carbons (Fsp3) is 0.200. The normalized spacial score (nSPS) is 15.3. The van der Waals surface area contributed by atoms with Crippen molar-refractivity contribution >= 4 is 28.6 Å². The number of ether oxygens (including phenoxy) is 1. The lowest BCUT2D eigenvalue weighted by molar-refractivity contribution is -0.908. The molecule has 190 valence electrons. The van der Waals surface area contributed by atoms with Crippen LogP contribution in [0.5, 0.6) is 11.6 Å². The molecule has 1 unspecified atom stereocenters. The summed E-state index contributed by atoms with van der Waals surface area (Å²) in [6.07, 6.45) is -1.05. The second kappa shape index (κ2) is 9.54. The van der Waals surface area contributed by atoms with Gasteiger partial charge in [0.2, 0.25) is 5.88 Å². The number of aliphatic carboxylic acids is 1. The Bertz CT molecular complexity index is 1500. The molecule has 0 radical (unpaired) electrons. The number of benzene rings is 2. The third-order valence-electron chi connectivity index (χ3n) is 6.08. The Morgan fingerprint density at radius 3 is 2.76 bits per heavy atom. The van der Waals surface area contributed by atoms with Crippen LogP contribution in [0.3, 0.4) is 0 Å². The topological polar surface area (TPSA) is 111 Å². The van der Waals surface area contributed by atoms with E-state index in [1.165, 1.54) is 29.2 Å². The molecule has 5 rings (SSSR count). The second-order valence-electron chi connectivity index (χ2n) is 8.62. The molecule has 1 aliphatic heterocycles. The van der Waals surface area contributed by atoms with E-state index in [0.29, 0.717) is 42.0 Å². The van der Waals surface area contributed by atoms with Crippen molar-refractivity contribution in [1.82, 2.24) is 14.5 Å². The molecule has 0 saturated carbocycles. The zero-order valence-electron chi connectivity index (χ0n) is 19.2. The minimum Gasteiger partial charge on any atom is -0.477 e. The molecule has 9 nitrogen and oxygen atoms in total. The summed E-state index contributed by atoms with van der Waals surface area (Å²) in [5.41, 5.74) is 1.28. The summed E-state index contributed by atoms with van der Waals surface area (Å²) in [6, 6.07) is 10.6. The van der Waals surface area contributed by atoms with E-state index < -0.39 is 23.7 Å². The van der Waals surface area contributed by atoms with Crippen LogP contribution in [0.1, 0.15) is 16.8 Å². The van der Waals surface area contributed by atoms with Crippen molar-refractivity contribution in [1.29, 1.82) is 0 Å². The van der Waals surface area contributed by atoms with Gasteiger partial charge in [0.05, 0.1) is 17.6 Å². The third-order valence-corrected chi connectivity index (χ3v) is 6.08. The van der Waals surface area contributed by atoms with Crippen molar-refractivity contribution in [3.05, 3.63) is 77.9 Å². The van der Waals surface area contributed by atoms with Crippen molar-refractivity contribution in [3.8, 4) is 11.6 Å². The highest BCUT2D eigenvalue weighted by molar-refractivity contribution is 5.98. The molecule has 0 spiro atoms. The molecule has 0 fully saturated rings. The predicted octanol–water partition coefficient (Wildman–Crippen LogP) is 3.35. The Labute approximate surface area is 208 Å². The number of alkyl halides is 3. The number of nitrogens with one attached hydrogen (secondary N) is 2. The lowest BCUT2D eigenvalue weighted by atomic mass is 10.1. The summed E-state index contributed by atoms with van der Waals surface area (Å²) in [4.78, 5) is 33.2. The summed E-state index contributed by atoms with van der Waals surface area (Å²) < 4.78 is 46.2. The van der Waals surface area contributed by atoms with Crippen LogP contribution >= 0.6 is 0 Å². The van der Waals surface area contributed by atoms with Gasteiger partial charge in [0.15, 0.2) is 6.54 Å². The summed E-state index contributed by atoms with van der Waals surface area (Å²) in [5.74, 6) is -0.00192. The quantitative estimate of drug-likeness (QED) is 0.378. The van der Waals surface area contributed by atoms with Crippen LogP contribution in [0.15, 0.2) is 61.1 Å². The molecule has 1 aliphatic rings.